The first-order valence-electron chi connectivity index (χ1n) is 7.87. The molecule has 2 aromatic rings. The van der Waals surface area contributed by atoms with Crippen LogP contribution in [0.4, 0.5) is 0 Å². The van der Waals surface area contributed by atoms with Crippen molar-refractivity contribution in [3.05, 3.63) is 41.7 Å². The van der Waals surface area contributed by atoms with Crippen LogP contribution in [-0.2, 0) is 6.54 Å². The maximum absolute atomic E-state index is 4.36. The van der Waals surface area contributed by atoms with E-state index in [1.807, 2.05) is 22.5 Å². The molecule has 0 radical (unpaired) electrons. The molecule has 22 heavy (non-hydrogen) atoms. The Morgan fingerprint density at radius 2 is 1.86 bits per heavy atom. The quantitative estimate of drug-likeness (QED) is 0.848. The van der Waals surface area contributed by atoms with Crippen LogP contribution in [0.25, 0.3) is 0 Å². The summed E-state index contributed by atoms with van der Waals surface area (Å²) >= 11 is 2.03. The third kappa shape index (κ3) is 3.50. The molecule has 0 saturated carbocycles. The van der Waals surface area contributed by atoms with E-state index in [2.05, 4.69) is 58.5 Å². The maximum atomic E-state index is 4.36. The van der Waals surface area contributed by atoms with E-state index in [9.17, 15) is 0 Å². The topological polar surface area (TPSA) is 46.8 Å². The molecule has 1 aromatic heterocycles. The van der Waals surface area contributed by atoms with Crippen LogP contribution in [-0.4, -0.2) is 49.7 Å². The lowest BCUT2D eigenvalue weighted by Gasteiger charge is -2.35. The van der Waals surface area contributed by atoms with Crippen LogP contribution in [0.1, 0.15) is 31.3 Å². The largest absolute Gasteiger partial charge is 0.291 e. The number of rotatable bonds is 5. The van der Waals surface area contributed by atoms with Crippen LogP contribution < -0.4 is 0 Å². The van der Waals surface area contributed by atoms with Crippen molar-refractivity contribution in [2.45, 2.75) is 26.4 Å². The molecule has 0 spiro atoms. The van der Waals surface area contributed by atoms with Crippen molar-refractivity contribution in [1.29, 1.82) is 0 Å². The predicted molar refractivity (Wildman–Crippen MR) is 89.8 cm³/mol. The van der Waals surface area contributed by atoms with Gasteiger partial charge in [0, 0.05) is 24.6 Å². The van der Waals surface area contributed by atoms with E-state index in [1.165, 1.54) is 17.1 Å². The number of benzene rings is 1. The maximum Gasteiger partial charge on any atom is 0.169 e. The molecular formula is C16H23N5S. The highest BCUT2D eigenvalue weighted by Gasteiger charge is 2.29. The van der Waals surface area contributed by atoms with Crippen molar-refractivity contribution in [1.82, 2.24) is 25.1 Å². The first-order valence-corrected chi connectivity index (χ1v) is 9.03. The average molecular weight is 317 g/mol. The Bertz CT molecular complexity index is 577. The normalized spacial score (nSPS) is 17.8. The van der Waals surface area contributed by atoms with Gasteiger partial charge in [-0.25, -0.2) is 4.68 Å². The molecule has 1 fully saturated rings. The summed E-state index contributed by atoms with van der Waals surface area (Å²) in [7, 11) is 0. The minimum Gasteiger partial charge on any atom is -0.291 e. The van der Waals surface area contributed by atoms with Crippen LogP contribution in [0.5, 0.6) is 0 Å². The van der Waals surface area contributed by atoms with Gasteiger partial charge < -0.3 is 0 Å². The molecule has 0 unspecified atom stereocenters. The molecule has 2 heterocycles. The fourth-order valence-corrected chi connectivity index (χ4v) is 3.96. The molecule has 1 aromatic carbocycles. The van der Waals surface area contributed by atoms with Crippen molar-refractivity contribution in [2.75, 3.05) is 24.6 Å². The molecule has 0 N–H and O–H groups in total. The summed E-state index contributed by atoms with van der Waals surface area (Å²) in [6.45, 7) is 7.48. The second-order valence-corrected chi connectivity index (χ2v) is 7.24. The molecule has 1 atom stereocenters. The van der Waals surface area contributed by atoms with Crippen molar-refractivity contribution in [3.8, 4) is 0 Å². The van der Waals surface area contributed by atoms with Crippen LogP contribution in [0.15, 0.2) is 30.3 Å². The summed E-state index contributed by atoms with van der Waals surface area (Å²) < 4.78 is 1.96. The highest BCUT2D eigenvalue weighted by molar-refractivity contribution is 7.99. The van der Waals surface area contributed by atoms with E-state index in [4.69, 9.17) is 0 Å². The van der Waals surface area contributed by atoms with Gasteiger partial charge in [0.25, 0.3) is 0 Å². The lowest BCUT2D eigenvalue weighted by Crippen LogP contribution is -2.39. The Labute approximate surface area is 136 Å². The van der Waals surface area contributed by atoms with Crippen LogP contribution in [0.3, 0.4) is 0 Å². The Morgan fingerprint density at radius 3 is 2.55 bits per heavy atom. The molecule has 1 aliphatic rings. The van der Waals surface area contributed by atoms with Crippen molar-refractivity contribution >= 4 is 11.8 Å². The van der Waals surface area contributed by atoms with Gasteiger partial charge in [-0.2, -0.15) is 11.8 Å². The zero-order chi connectivity index (χ0) is 15.4. The molecule has 5 nitrogen and oxygen atoms in total. The molecular weight excluding hydrogens is 294 g/mol. The summed E-state index contributed by atoms with van der Waals surface area (Å²) in [6, 6.07) is 10.7. The molecule has 6 heteroatoms. The summed E-state index contributed by atoms with van der Waals surface area (Å²) in [5.41, 5.74) is 1.23. The van der Waals surface area contributed by atoms with Gasteiger partial charge in [0.15, 0.2) is 5.82 Å². The highest BCUT2D eigenvalue weighted by Crippen LogP contribution is 2.29. The minimum atomic E-state index is 0.291. The molecule has 0 aliphatic carbocycles. The first kappa shape index (κ1) is 15.5. The second kappa shape index (κ2) is 7.24. The van der Waals surface area contributed by atoms with Gasteiger partial charge in [-0.3, -0.25) is 4.90 Å². The van der Waals surface area contributed by atoms with Crippen LogP contribution in [0.2, 0.25) is 0 Å². The van der Waals surface area contributed by atoms with Gasteiger partial charge in [0.05, 0.1) is 12.6 Å². The van der Waals surface area contributed by atoms with Crippen molar-refractivity contribution in [2.24, 2.45) is 5.92 Å². The number of tetrazole rings is 1. The summed E-state index contributed by atoms with van der Waals surface area (Å²) in [6.07, 6.45) is 0. The van der Waals surface area contributed by atoms with E-state index < -0.39 is 0 Å². The van der Waals surface area contributed by atoms with Gasteiger partial charge in [0.2, 0.25) is 0 Å². The Morgan fingerprint density at radius 1 is 1.14 bits per heavy atom. The number of nitrogens with zero attached hydrogens (tertiary/aromatic N) is 5. The Balaban J connectivity index is 1.84. The molecule has 0 amide bonds. The fourth-order valence-electron chi connectivity index (χ4n) is 3.03. The van der Waals surface area contributed by atoms with E-state index in [0.29, 0.717) is 12.0 Å². The van der Waals surface area contributed by atoms with E-state index >= 15 is 0 Å². The van der Waals surface area contributed by atoms with Gasteiger partial charge in [-0.05, 0) is 21.9 Å². The van der Waals surface area contributed by atoms with Gasteiger partial charge in [-0.1, -0.05) is 44.2 Å². The summed E-state index contributed by atoms with van der Waals surface area (Å²) in [4.78, 5) is 2.54. The van der Waals surface area contributed by atoms with Crippen LogP contribution >= 0.6 is 11.8 Å². The summed E-state index contributed by atoms with van der Waals surface area (Å²) in [5.74, 6) is 3.88. The third-order valence-electron chi connectivity index (χ3n) is 4.07. The van der Waals surface area contributed by atoms with Crippen molar-refractivity contribution in [3.63, 3.8) is 0 Å². The zero-order valence-electron chi connectivity index (χ0n) is 13.2. The predicted octanol–water partition coefficient (Wildman–Crippen LogP) is 2.47. The average Bonchev–Trinajstić information content (AvgIpc) is 2.97. The lowest BCUT2D eigenvalue weighted by atomic mass is 10.0. The van der Waals surface area contributed by atoms with Crippen molar-refractivity contribution < 1.29 is 0 Å². The summed E-state index contributed by atoms with van der Waals surface area (Å²) in [5, 5.41) is 12.5. The Kier molecular flexibility index (Phi) is 5.10. The first-order chi connectivity index (χ1) is 10.8. The highest BCUT2D eigenvalue weighted by atomic mass is 32.2. The van der Waals surface area contributed by atoms with Gasteiger partial charge in [-0.15, -0.1) is 5.10 Å². The fraction of sp³-hybridized carbons (Fsp3) is 0.562. The molecule has 1 aliphatic heterocycles. The van der Waals surface area contributed by atoms with Gasteiger partial charge >= 0.3 is 0 Å². The number of thioether (sulfide) groups is 1. The lowest BCUT2D eigenvalue weighted by molar-refractivity contribution is 0.158. The number of aromatic nitrogens is 4. The monoisotopic (exact) mass is 317 g/mol. The molecule has 118 valence electrons. The molecule has 1 saturated heterocycles. The number of hydrogen-bond donors (Lipinski definition) is 0. The second-order valence-electron chi connectivity index (χ2n) is 6.02. The Hall–Kier alpha value is -1.40. The van der Waals surface area contributed by atoms with E-state index in [0.717, 1.165) is 25.5 Å². The zero-order valence-corrected chi connectivity index (χ0v) is 14.0. The third-order valence-corrected chi connectivity index (χ3v) is 5.01. The van der Waals surface area contributed by atoms with Crippen LogP contribution in [0, 0.1) is 5.92 Å². The SMILES string of the molecule is CC(C)[C@H](c1nnnn1Cc1ccccc1)N1CCSCC1. The minimum absolute atomic E-state index is 0.291. The van der Waals surface area contributed by atoms with Gasteiger partial charge in [0.1, 0.15) is 0 Å². The molecule has 3 rings (SSSR count). The number of hydrogen-bond acceptors (Lipinski definition) is 5. The standard InChI is InChI=1S/C16H23N5S/c1-13(2)15(20-8-10-22-11-9-20)16-17-18-19-21(16)12-14-6-4-3-5-7-14/h3-7,13,15H,8-12H2,1-2H3/t15-/m1/s1. The molecule has 0 bridgehead atoms. The smallest absolute Gasteiger partial charge is 0.169 e. The van der Waals surface area contributed by atoms with E-state index in [1.54, 1.807) is 0 Å². The van der Waals surface area contributed by atoms with E-state index in [-0.39, 0.29) is 0 Å².